The van der Waals surface area contributed by atoms with E-state index in [1.807, 2.05) is 6.07 Å². The summed E-state index contributed by atoms with van der Waals surface area (Å²) in [5, 5.41) is 2.70. The molecule has 3 rings (SSSR count). The normalized spacial score (nSPS) is 20.2. The minimum atomic E-state index is -0.302. The highest BCUT2D eigenvalue weighted by Crippen LogP contribution is 2.38. The number of carbonyl (C=O) groups is 1. The Balaban J connectivity index is 1.88. The number of aryl methyl sites for hydroxylation is 1. The molecule has 1 aromatic carbocycles. The predicted molar refractivity (Wildman–Crippen MR) is 67.6 cm³/mol. The lowest BCUT2D eigenvalue weighted by molar-refractivity contribution is -0.116. The van der Waals surface area contributed by atoms with Gasteiger partial charge >= 0.3 is 0 Å². The largest absolute Gasteiger partial charge is 0.326 e. The number of hydrogen-bond acceptors (Lipinski definition) is 2. The van der Waals surface area contributed by atoms with Gasteiger partial charge in [-0.05, 0) is 36.5 Å². The van der Waals surface area contributed by atoms with E-state index in [2.05, 4.69) is 5.32 Å². The van der Waals surface area contributed by atoms with Crippen molar-refractivity contribution in [1.82, 2.24) is 0 Å². The van der Waals surface area contributed by atoms with Gasteiger partial charge in [0.1, 0.15) is 5.82 Å². The van der Waals surface area contributed by atoms with Gasteiger partial charge < -0.3 is 11.1 Å². The van der Waals surface area contributed by atoms with Crippen molar-refractivity contribution >= 4 is 11.6 Å². The molecule has 1 aliphatic heterocycles. The van der Waals surface area contributed by atoms with E-state index in [1.165, 1.54) is 18.9 Å². The molecule has 4 heteroatoms. The van der Waals surface area contributed by atoms with Crippen molar-refractivity contribution in [2.24, 2.45) is 11.7 Å². The molecule has 1 amide bonds. The molecule has 96 valence electrons. The SMILES string of the molecule is NC(CC1CC1)c1cc2c(cc1F)NC(=O)CC2. The van der Waals surface area contributed by atoms with Gasteiger partial charge in [0.05, 0.1) is 0 Å². The molecule has 0 saturated heterocycles. The van der Waals surface area contributed by atoms with E-state index in [4.69, 9.17) is 5.73 Å². The van der Waals surface area contributed by atoms with Crippen molar-refractivity contribution < 1.29 is 9.18 Å². The van der Waals surface area contributed by atoms with Crippen molar-refractivity contribution in [3.63, 3.8) is 0 Å². The Morgan fingerprint density at radius 3 is 2.89 bits per heavy atom. The van der Waals surface area contributed by atoms with Crippen LogP contribution in [0.5, 0.6) is 0 Å². The summed E-state index contributed by atoms with van der Waals surface area (Å²) in [4.78, 5) is 11.3. The third-order valence-corrected chi connectivity index (χ3v) is 3.80. The minimum absolute atomic E-state index is 0.0445. The van der Waals surface area contributed by atoms with E-state index in [-0.39, 0.29) is 17.8 Å². The average molecular weight is 248 g/mol. The molecule has 0 radical (unpaired) electrons. The topological polar surface area (TPSA) is 55.1 Å². The van der Waals surface area contributed by atoms with Crippen LogP contribution < -0.4 is 11.1 Å². The Morgan fingerprint density at radius 1 is 1.39 bits per heavy atom. The first-order chi connectivity index (χ1) is 8.63. The fourth-order valence-corrected chi connectivity index (χ4v) is 2.55. The summed E-state index contributed by atoms with van der Waals surface area (Å²) in [7, 11) is 0. The molecule has 3 N–H and O–H groups in total. The summed E-state index contributed by atoms with van der Waals surface area (Å²) in [6.45, 7) is 0. The molecule has 0 bridgehead atoms. The smallest absolute Gasteiger partial charge is 0.224 e. The van der Waals surface area contributed by atoms with Crippen molar-refractivity contribution in [2.75, 3.05) is 5.32 Å². The highest BCUT2D eigenvalue weighted by molar-refractivity contribution is 5.93. The lowest BCUT2D eigenvalue weighted by atomic mass is 9.95. The lowest BCUT2D eigenvalue weighted by Crippen LogP contribution is -2.21. The van der Waals surface area contributed by atoms with E-state index < -0.39 is 0 Å². The Morgan fingerprint density at radius 2 is 2.17 bits per heavy atom. The zero-order valence-electron chi connectivity index (χ0n) is 10.2. The van der Waals surface area contributed by atoms with Crippen LogP contribution in [0.1, 0.15) is 42.9 Å². The van der Waals surface area contributed by atoms with Crippen LogP contribution in [0.25, 0.3) is 0 Å². The zero-order chi connectivity index (χ0) is 12.7. The molecule has 1 saturated carbocycles. The minimum Gasteiger partial charge on any atom is -0.326 e. The number of nitrogens with two attached hydrogens (primary N) is 1. The number of hydrogen-bond donors (Lipinski definition) is 2. The number of halogens is 1. The number of amides is 1. The number of carbonyl (C=O) groups excluding carboxylic acids is 1. The maximum atomic E-state index is 14.0. The molecule has 1 unspecified atom stereocenters. The number of fused-ring (bicyclic) bond motifs is 1. The van der Waals surface area contributed by atoms with Gasteiger partial charge in [0, 0.05) is 23.7 Å². The first-order valence-electron chi connectivity index (χ1n) is 6.51. The van der Waals surface area contributed by atoms with E-state index in [9.17, 15) is 9.18 Å². The van der Waals surface area contributed by atoms with Gasteiger partial charge in [-0.3, -0.25) is 4.79 Å². The second kappa shape index (κ2) is 4.35. The van der Waals surface area contributed by atoms with E-state index in [0.717, 1.165) is 12.0 Å². The van der Waals surface area contributed by atoms with Gasteiger partial charge in [0.15, 0.2) is 0 Å². The monoisotopic (exact) mass is 248 g/mol. The van der Waals surface area contributed by atoms with Gasteiger partial charge in [-0.2, -0.15) is 0 Å². The predicted octanol–water partition coefficient (Wildman–Crippen LogP) is 2.51. The molecule has 0 spiro atoms. The van der Waals surface area contributed by atoms with Gasteiger partial charge in [-0.15, -0.1) is 0 Å². The third kappa shape index (κ3) is 2.25. The summed E-state index contributed by atoms with van der Waals surface area (Å²) in [5.74, 6) is 0.330. The summed E-state index contributed by atoms with van der Waals surface area (Å²) in [6, 6.07) is 3.02. The van der Waals surface area contributed by atoms with Crippen molar-refractivity contribution in [1.29, 1.82) is 0 Å². The molecule has 1 heterocycles. The van der Waals surface area contributed by atoms with Gasteiger partial charge in [0.25, 0.3) is 0 Å². The van der Waals surface area contributed by atoms with Crippen LogP contribution in [0, 0.1) is 11.7 Å². The van der Waals surface area contributed by atoms with Crippen molar-refractivity contribution in [3.8, 4) is 0 Å². The van der Waals surface area contributed by atoms with E-state index in [1.54, 1.807) is 0 Å². The molecular weight excluding hydrogens is 231 g/mol. The van der Waals surface area contributed by atoms with Gasteiger partial charge in [-0.25, -0.2) is 4.39 Å². The van der Waals surface area contributed by atoms with E-state index >= 15 is 0 Å². The van der Waals surface area contributed by atoms with Gasteiger partial charge in [0.2, 0.25) is 5.91 Å². The fourth-order valence-electron chi connectivity index (χ4n) is 2.55. The molecule has 1 aromatic rings. The van der Waals surface area contributed by atoms with Crippen LogP contribution in [-0.2, 0) is 11.2 Å². The molecular formula is C14H17FN2O. The highest BCUT2D eigenvalue weighted by Gasteiger charge is 2.27. The van der Waals surface area contributed by atoms with Crippen molar-refractivity contribution in [2.45, 2.75) is 38.1 Å². The van der Waals surface area contributed by atoms with Crippen LogP contribution in [0.4, 0.5) is 10.1 Å². The number of nitrogens with one attached hydrogen (secondary N) is 1. The molecule has 1 aliphatic carbocycles. The Labute approximate surface area is 106 Å². The highest BCUT2D eigenvalue weighted by atomic mass is 19.1. The molecule has 2 aliphatic rings. The molecule has 3 nitrogen and oxygen atoms in total. The standard InChI is InChI=1S/C14H17FN2O/c15-11-7-13-9(3-4-14(18)17-13)6-10(11)12(16)5-8-1-2-8/h6-8,12H,1-5,16H2,(H,17,18). The number of rotatable bonds is 3. The van der Waals surface area contributed by atoms with E-state index in [0.29, 0.717) is 30.0 Å². The van der Waals surface area contributed by atoms with Crippen LogP contribution in [0.2, 0.25) is 0 Å². The number of benzene rings is 1. The Kier molecular flexibility index (Phi) is 2.82. The summed E-state index contributed by atoms with van der Waals surface area (Å²) in [5.41, 5.74) is 8.26. The molecule has 1 fully saturated rings. The first kappa shape index (κ1) is 11.7. The third-order valence-electron chi connectivity index (χ3n) is 3.80. The average Bonchev–Trinajstić information content (AvgIpc) is 3.11. The first-order valence-corrected chi connectivity index (χ1v) is 6.51. The summed E-state index contributed by atoms with van der Waals surface area (Å²) >= 11 is 0. The summed E-state index contributed by atoms with van der Waals surface area (Å²) in [6.07, 6.45) is 4.44. The van der Waals surface area contributed by atoms with Crippen LogP contribution in [0.3, 0.4) is 0 Å². The maximum absolute atomic E-state index is 14.0. The second-order valence-electron chi connectivity index (χ2n) is 5.36. The fraction of sp³-hybridized carbons (Fsp3) is 0.500. The quantitative estimate of drug-likeness (QED) is 0.863. The molecule has 0 aromatic heterocycles. The zero-order valence-corrected chi connectivity index (χ0v) is 10.2. The molecule has 18 heavy (non-hydrogen) atoms. The van der Waals surface area contributed by atoms with Crippen LogP contribution >= 0.6 is 0 Å². The van der Waals surface area contributed by atoms with Crippen LogP contribution in [0.15, 0.2) is 12.1 Å². The van der Waals surface area contributed by atoms with Crippen LogP contribution in [-0.4, -0.2) is 5.91 Å². The van der Waals surface area contributed by atoms with Crippen molar-refractivity contribution in [3.05, 3.63) is 29.1 Å². The maximum Gasteiger partial charge on any atom is 0.224 e. The lowest BCUT2D eigenvalue weighted by Gasteiger charge is -2.20. The number of anilines is 1. The Bertz CT molecular complexity index is 497. The summed E-state index contributed by atoms with van der Waals surface area (Å²) < 4.78 is 14.0. The molecule has 1 atom stereocenters. The van der Waals surface area contributed by atoms with Gasteiger partial charge in [-0.1, -0.05) is 12.8 Å². The Hall–Kier alpha value is -1.42. The second-order valence-corrected chi connectivity index (χ2v) is 5.36.